The molecule has 1 aromatic rings. The Hall–Kier alpha value is -0.670. The topological polar surface area (TPSA) is 20.2 Å². The lowest BCUT2D eigenvalue weighted by molar-refractivity contribution is 0.161. The van der Waals surface area contributed by atoms with Crippen molar-refractivity contribution in [2.24, 2.45) is 0 Å². The number of hydrogen-bond donors (Lipinski definition) is 1. The molecular weight excluding hydrogens is 210 g/mol. The summed E-state index contributed by atoms with van der Waals surface area (Å²) in [5, 5.41) is 9.20. The Labute approximate surface area is 86.3 Å². The smallest absolute Gasteiger partial charge is 0.142 e. The van der Waals surface area contributed by atoms with Crippen LogP contribution in [0.1, 0.15) is 31.4 Å². The minimum absolute atomic E-state index is 0.0336. The molecule has 1 atom stereocenters. The zero-order chi connectivity index (χ0) is 10.7. The summed E-state index contributed by atoms with van der Waals surface area (Å²) in [5.74, 6) is -1.38. The first kappa shape index (κ1) is 11.4. The molecule has 0 heterocycles. The van der Waals surface area contributed by atoms with Crippen LogP contribution in [0.25, 0.3) is 0 Å². The highest BCUT2D eigenvalue weighted by Crippen LogP contribution is 2.26. The first-order valence-corrected chi connectivity index (χ1v) is 4.76. The lowest BCUT2D eigenvalue weighted by atomic mass is 10.0. The normalized spacial score (nSPS) is 12.9. The van der Waals surface area contributed by atoms with Crippen molar-refractivity contribution in [3.05, 3.63) is 34.4 Å². The van der Waals surface area contributed by atoms with E-state index in [1.54, 1.807) is 0 Å². The van der Waals surface area contributed by atoms with E-state index in [1.165, 1.54) is 0 Å². The van der Waals surface area contributed by atoms with E-state index in [4.69, 9.17) is 11.6 Å². The van der Waals surface area contributed by atoms with Gasteiger partial charge in [-0.05, 0) is 18.6 Å². The molecule has 1 rings (SSSR count). The van der Waals surface area contributed by atoms with Crippen LogP contribution in [0.3, 0.4) is 0 Å². The number of rotatable bonds is 3. The zero-order valence-electron chi connectivity index (χ0n) is 7.73. The van der Waals surface area contributed by atoms with Gasteiger partial charge in [0.15, 0.2) is 0 Å². The quantitative estimate of drug-likeness (QED) is 0.774. The molecule has 0 amide bonds. The van der Waals surface area contributed by atoms with Gasteiger partial charge in [0.1, 0.15) is 11.6 Å². The maximum Gasteiger partial charge on any atom is 0.142 e. The summed E-state index contributed by atoms with van der Waals surface area (Å²) in [6, 6.07) is 1.82. The number of aliphatic hydroxyl groups excluding tert-OH is 1. The molecule has 0 spiro atoms. The summed E-state index contributed by atoms with van der Waals surface area (Å²) in [6.07, 6.45) is 0.134. The third-order valence-corrected chi connectivity index (χ3v) is 2.25. The molecule has 0 bridgehead atoms. The molecular formula is C10H11ClF2O. The van der Waals surface area contributed by atoms with Gasteiger partial charge >= 0.3 is 0 Å². The molecule has 1 nitrogen and oxygen atoms in total. The Kier molecular flexibility index (Phi) is 3.84. The third-order valence-electron chi connectivity index (χ3n) is 1.96. The van der Waals surface area contributed by atoms with Gasteiger partial charge < -0.3 is 5.11 Å². The summed E-state index contributed by atoms with van der Waals surface area (Å²) < 4.78 is 26.1. The fraction of sp³-hybridized carbons (Fsp3) is 0.400. The van der Waals surface area contributed by atoms with E-state index in [9.17, 15) is 13.9 Å². The van der Waals surface area contributed by atoms with Crippen molar-refractivity contribution < 1.29 is 13.9 Å². The second kappa shape index (κ2) is 4.71. The lowest BCUT2D eigenvalue weighted by Gasteiger charge is -2.11. The SMILES string of the molecule is CCCC(O)c1cc(F)c(Cl)cc1F. The highest BCUT2D eigenvalue weighted by atomic mass is 35.5. The van der Waals surface area contributed by atoms with E-state index in [0.717, 1.165) is 12.1 Å². The van der Waals surface area contributed by atoms with Crippen LogP contribution in [-0.4, -0.2) is 5.11 Å². The second-order valence-electron chi connectivity index (χ2n) is 3.09. The molecule has 0 radical (unpaired) electrons. The molecule has 0 aliphatic carbocycles. The Balaban J connectivity index is 3.02. The largest absolute Gasteiger partial charge is 0.388 e. The Morgan fingerprint density at radius 1 is 1.36 bits per heavy atom. The summed E-state index contributed by atoms with van der Waals surface area (Å²) in [5.41, 5.74) is -0.0336. The molecule has 1 aromatic carbocycles. The lowest BCUT2D eigenvalue weighted by Crippen LogP contribution is -2.01. The van der Waals surface area contributed by atoms with Crippen LogP contribution in [0.4, 0.5) is 8.78 Å². The molecule has 1 unspecified atom stereocenters. The fourth-order valence-corrected chi connectivity index (χ4v) is 1.37. The molecule has 0 aliphatic heterocycles. The van der Waals surface area contributed by atoms with Gasteiger partial charge in [0, 0.05) is 5.56 Å². The number of benzene rings is 1. The van der Waals surface area contributed by atoms with Crippen molar-refractivity contribution in [2.75, 3.05) is 0 Å². The molecule has 4 heteroatoms. The van der Waals surface area contributed by atoms with E-state index in [0.29, 0.717) is 12.8 Å². The first-order valence-electron chi connectivity index (χ1n) is 4.38. The van der Waals surface area contributed by atoms with Crippen LogP contribution in [0.15, 0.2) is 12.1 Å². The maximum absolute atomic E-state index is 13.2. The van der Waals surface area contributed by atoms with Crippen LogP contribution in [-0.2, 0) is 0 Å². The van der Waals surface area contributed by atoms with E-state index in [1.807, 2.05) is 6.92 Å². The van der Waals surface area contributed by atoms with Gasteiger partial charge in [0.05, 0.1) is 11.1 Å². The van der Waals surface area contributed by atoms with Gasteiger partial charge in [0.2, 0.25) is 0 Å². The van der Waals surface area contributed by atoms with Crippen molar-refractivity contribution >= 4 is 11.6 Å². The van der Waals surface area contributed by atoms with Gasteiger partial charge in [-0.3, -0.25) is 0 Å². The summed E-state index contributed by atoms with van der Waals surface area (Å²) in [7, 11) is 0. The highest BCUT2D eigenvalue weighted by Gasteiger charge is 2.15. The van der Waals surface area contributed by atoms with Crippen LogP contribution in [0.5, 0.6) is 0 Å². The highest BCUT2D eigenvalue weighted by molar-refractivity contribution is 6.30. The predicted molar refractivity (Wildman–Crippen MR) is 51.2 cm³/mol. The van der Waals surface area contributed by atoms with E-state index < -0.39 is 17.7 Å². The Morgan fingerprint density at radius 2 is 2.00 bits per heavy atom. The molecule has 1 N–H and O–H groups in total. The van der Waals surface area contributed by atoms with Crippen molar-refractivity contribution in [1.82, 2.24) is 0 Å². The van der Waals surface area contributed by atoms with Gasteiger partial charge in [0.25, 0.3) is 0 Å². The average Bonchev–Trinajstić information content (AvgIpc) is 2.11. The minimum atomic E-state index is -0.966. The van der Waals surface area contributed by atoms with Gasteiger partial charge in [-0.1, -0.05) is 24.9 Å². The van der Waals surface area contributed by atoms with Crippen molar-refractivity contribution in [3.63, 3.8) is 0 Å². The molecule has 78 valence electrons. The monoisotopic (exact) mass is 220 g/mol. The van der Waals surface area contributed by atoms with Gasteiger partial charge in [-0.15, -0.1) is 0 Å². The molecule has 0 saturated carbocycles. The second-order valence-corrected chi connectivity index (χ2v) is 3.50. The van der Waals surface area contributed by atoms with Crippen molar-refractivity contribution in [3.8, 4) is 0 Å². The predicted octanol–water partition coefficient (Wildman–Crippen LogP) is 3.45. The number of halogens is 3. The van der Waals surface area contributed by atoms with Crippen LogP contribution >= 0.6 is 11.6 Å². The number of hydrogen-bond acceptors (Lipinski definition) is 1. The molecule has 0 aliphatic rings. The average molecular weight is 221 g/mol. The molecule has 0 saturated heterocycles. The third kappa shape index (κ3) is 2.42. The molecule has 0 fully saturated rings. The standard InChI is InChI=1S/C10H11ClF2O/c1-2-3-10(14)6-4-9(13)7(11)5-8(6)12/h4-5,10,14H,2-3H2,1H3. The van der Waals surface area contributed by atoms with Crippen LogP contribution in [0, 0.1) is 11.6 Å². The van der Waals surface area contributed by atoms with Crippen LogP contribution < -0.4 is 0 Å². The first-order chi connectivity index (χ1) is 6.56. The summed E-state index contributed by atoms with van der Waals surface area (Å²) in [6.45, 7) is 1.85. The molecule has 0 aromatic heterocycles. The van der Waals surface area contributed by atoms with Crippen molar-refractivity contribution in [1.29, 1.82) is 0 Å². The van der Waals surface area contributed by atoms with E-state index in [-0.39, 0.29) is 10.6 Å². The zero-order valence-corrected chi connectivity index (χ0v) is 8.48. The Bertz CT molecular complexity index is 328. The summed E-state index contributed by atoms with van der Waals surface area (Å²) >= 11 is 5.37. The Morgan fingerprint density at radius 3 is 2.57 bits per heavy atom. The minimum Gasteiger partial charge on any atom is -0.388 e. The summed E-state index contributed by atoms with van der Waals surface area (Å²) in [4.78, 5) is 0. The fourth-order valence-electron chi connectivity index (χ4n) is 1.22. The van der Waals surface area contributed by atoms with Crippen LogP contribution in [0.2, 0.25) is 5.02 Å². The van der Waals surface area contributed by atoms with E-state index in [2.05, 4.69) is 0 Å². The maximum atomic E-state index is 13.2. The van der Waals surface area contributed by atoms with E-state index >= 15 is 0 Å². The number of aliphatic hydroxyl groups is 1. The van der Waals surface area contributed by atoms with Gasteiger partial charge in [-0.2, -0.15) is 0 Å². The van der Waals surface area contributed by atoms with Gasteiger partial charge in [-0.25, -0.2) is 8.78 Å². The molecule has 14 heavy (non-hydrogen) atoms. The van der Waals surface area contributed by atoms with Crippen molar-refractivity contribution in [2.45, 2.75) is 25.9 Å².